The molecule has 2 aromatic heterocycles. The molecule has 0 saturated heterocycles. The van der Waals surface area contributed by atoms with Crippen molar-refractivity contribution in [2.45, 2.75) is 0 Å². The molecule has 2 heterocycles. The van der Waals surface area contributed by atoms with Gasteiger partial charge >= 0.3 is 0 Å². The van der Waals surface area contributed by atoms with E-state index in [1.54, 1.807) is 11.3 Å². The lowest BCUT2D eigenvalue weighted by Crippen LogP contribution is -1.84. The van der Waals surface area contributed by atoms with E-state index in [1.807, 2.05) is 24.4 Å². The minimum atomic E-state index is -0.217. The predicted octanol–water partition coefficient (Wildman–Crippen LogP) is 11.4. The van der Waals surface area contributed by atoms with Crippen LogP contribution in [0.1, 0.15) is 0 Å². The number of fused-ring (bicyclic) bond motifs is 4. The predicted molar refractivity (Wildman–Crippen MR) is 176 cm³/mol. The molecule has 1 nitrogen and oxygen atoms in total. The van der Waals surface area contributed by atoms with Crippen LogP contribution in [0.15, 0.2) is 146 Å². The van der Waals surface area contributed by atoms with E-state index in [9.17, 15) is 4.39 Å². The fourth-order valence-electron chi connectivity index (χ4n) is 5.75. The Labute approximate surface area is 247 Å². The quantitative estimate of drug-likeness (QED) is 0.210. The second kappa shape index (κ2) is 10.1. The van der Waals surface area contributed by atoms with Gasteiger partial charge in [-0.3, -0.25) is 0 Å². The zero-order chi connectivity index (χ0) is 28.0. The summed E-state index contributed by atoms with van der Waals surface area (Å²) in [6.07, 6.45) is 1.86. The van der Waals surface area contributed by atoms with E-state index in [4.69, 9.17) is 0 Å². The van der Waals surface area contributed by atoms with Gasteiger partial charge in [0, 0.05) is 21.7 Å². The Bertz CT molecular complexity index is 2230. The SMILES string of the molecule is Fc1ccc(-c2ccc(-c3ccc4cc(-c5ccc(-c6ccc7sc8ncccc8c7c6)cc5)ccc4c3)cc2)cc1. The third-order valence-corrected chi connectivity index (χ3v) is 9.13. The van der Waals surface area contributed by atoms with Gasteiger partial charge < -0.3 is 0 Å². The normalized spacial score (nSPS) is 11.5. The average Bonchev–Trinajstić information content (AvgIpc) is 3.43. The summed E-state index contributed by atoms with van der Waals surface area (Å²) in [6, 6.07) is 48.1. The Morgan fingerprint density at radius 1 is 0.429 bits per heavy atom. The molecule has 0 unspecified atom stereocenters. The topological polar surface area (TPSA) is 12.9 Å². The van der Waals surface area contributed by atoms with Crippen LogP contribution in [-0.2, 0) is 0 Å². The summed E-state index contributed by atoms with van der Waals surface area (Å²) in [4.78, 5) is 5.62. The number of rotatable bonds is 4. The smallest absolute Gasteiger partial charge is 0.124 e. The number of aromatic nitrogens is 1. The van der Waals surface area contributed by atoms with E-state index in [0.717, 1.165) is 21.5 Å². The van der Waals surface area contributed by atoms with Gasteiger partial charge in [0.1, 0.15) is 10.6 Å². The van der Waals surface area contributed by atoms with E-state index >= 15 is 0 Å². The molecule has 0 amide bonds. The standard InChI is InChI=1S/C39H24FNS/c40-35-18-15-26(16-19-35)25-3-5-27(6-4-25)30-11-13-33-23-31(12-14-32(33)22-30)28-7-9-29(10-8-28)34-17-20-38-37(24-34)36-2-1-21-41-39(36)42-38/h1-24H. The molecule has 0 atom stereocenters. The van der Waals surface area contributed by atoms with Crippen LogP contribution in [0, 0.1) is 5.82 Å². The van der Waals surface area contributed by atoms with Gasteiger partial charge in [0.2, 0.25) is 0 Å². The molecule has 0 radical (unpaired) electrons. The van der Waals surface area contributed by atoms with Crippen LogP contribution < -0.4 is 0 Å². The summed E-state index contributed by atoms with van der Waals surface area (Å²) in [6.45, 7) is 0. The van der Waals surface area contributed by atoms with Crippen molar-refractivity contribution in [1.29, 1.82) is 0 Å². The number of thiophene rings is 1. The summed E-state index contributed by atoms with van der Waals surface area (Å²) >= 11 is 1.74. The maximum absolute atomic E-state index is 13.3. The van der Waals surface area contributed by atoms with Crippen LogP contribution in [0.2, 0.25) is 0 Å². The van der Waals surface area contributed by atoms with Crippen molar-refractivity contribution in [2.24, 2.45) is 0 Å². The Morgan fingerprint density at radius 3 is 1.45 bits per heavy atom. The first-order valence-corrected chi connectivity index (χ1v) is 14.8. The van der Waals surface area contributed by atoms with Crippen LogP contribution in [0.5, 0.6) is 0 Å². The van der Waals surface area contributed by atoms with Crippen molar-refractivity contribution >= 4 is 42.4 Å². The first-order chi connectivity index (χ1) is 20.7. The lowest BCUT2D eigenvalue weighted by molar-refractivity contribution is 0.628. The highest BCUT2D eigenvalue weighted by Gasteiger charge is 2.09. The number of pyridine rings is 1. The lowest BCUT2D eigenvalue weighted by Gasteiger charge is -2.09. The molecule has 0 bridgehead atoms. The Kier molecular flexibility index (Phi) is 5.90. The molecular formula is C39H24FNS. The number of benzene rings is 6. The van der Waals surface area contributed by atoms with Crippen molar-refractivity contribution in [3.63, 3.8) is 0 Å². The molecule has 0 aliphatic rings. The van der Waals surface area contributed by atoms with Crippen LogP contribution in [0.3, 0.4) is 0 Å². The summed E-state index contributed by atoms with van der Waals surface area (Å²) in [5.41, 5.74) is 9.26. The number of halogens is 1. The number of hydrogen-bond acceptors (Lipinski definition) is 2. The van der Waals surface area contributed by atoms with Gasteiger partial charge in [-0.2, -0.15) is 0 Å². The monoisotopic (exact) mass is 557 g/mol. The Balaban J connectivity index is 1.05. The molecule has 8 aromatic rings. The van der Waals surface area contributed by atoms with Crippen molar-refractivity contribution in [3.05, 3.63) is 152 Å². The Morgan fingerprint density at radius 2 is 0.881 bits per heavy atom. The highest BCUT2D eigenvalue weighted by molar-refractivity contribution is 7.25. The second-order valence-electron chi connectivity index (χ2n) is 10.6. The zero-order valence-corrected chi connectivity index (χ0v) is 23.4. The second-order valence-corrected chi connectivity index (χ2v) is 11.6. The van der Waals surface area contributed by atoms with E-state index in [2.05, 4.69) is 114 Å². The first-order valence-electron chi connectivity index (χ1n) is 14.0. The van der Waals surface area contributed by atoms with Gasteiger partial charge in [0.25, 0.3) is 0 Å². The molecule has 0 saturated carbocycles. The molecule has 6 aromatic carbocycles. The lowest BCUT2D eigenvalue weighted by atomic mass is 9.95. The van der Waals surface area contributed by atoms with Gasteiger partial charge in [0.15, 0.2) is 0 Å². The molecule has 0 aliphatic heterocycles. The average molecular weight is 558 g/mol. The van der Waals surface area contributed by atoms with Crippen molar-refractivity contribution in [2.75, 3.05) is 0 Å². The molecular weight excluding hydrogens is 534 g/mol. The zero-order valence-electron chi connectivity index (χ0n) is 22.6. The maximum atomic E-state index is 13.3. The van der Waals surface area contributed by atoms with Crippen LogP contribution in [0.4, 0.5) is 4.39 Å². The van der Waals surface area contributed by atoms with Gasteiger partial charge in [-0.05, 0) is 104 Å². The van der Waals surface area contributed by atoms with Crippen molar-refractivity contribution in [1.82, 2.24) is 4.98 Å². The number of hydrogen-bond donors (Lipinski definition) is 0. The summed E-state index contributed by atoms with van der Waals surface area (Å²) in [5, 5.41) is 4.91. The largest absolute Gasteiger partial charge is 0.245 e. The minimum absolute atomic E-state index is 0.217. The first kappa shape index (κ1) is 24.7. The fraction of sp³-hybridized carbons (Fsp3) is 0. The summed E-state index contributed by atoms with van der Waals surface area (Å²) < 4.78 is 14.6. The van der Waals surface area contributed by atoms with E-state index in [1.165, 1.54) is 66.2 Å². The highest BCUT2D eigenvalue weighted by Crippen LogP contribution is 2.36. The molecule has 0 aliphatic carbocycles. The third-order valence-electron chi connectivity index (χ3n) is 8.04. The summed E-state index contributed by atoms with van der Waals surface area (Å²) in [5.74, 6) is -0.217. The van der Waals surface area contributed by atoms with Gasteiger partial charge in [0.05, 0.1) is 0 Å². The van der Waals surface area contributed by atoms with E-state index in [-0.39, 0.29) is 5.82 Å². The summed E-state index contributed by atoms with van der Waals surface area (Å²) in [7, 11) is 0. The Hall–Kier alpha value is -5.12. The molecule has 198 valence electrons. The molecule has 3 heteroatoms. The molecule has 0 N–H and O–H groups in total. The molecule has 8 rings (SSSR count). The minimum Gasteiger partial charge on any atom is -0.245 e. The highest BCUT2D eigenvalue weighted by atomic mass is 32.1. The van der Waals surface area contributed by atoms with Gasteiger partial charge in [-0.1, -0.05) is 91.0 Å². The van der Waals surface area contributed by atoms with E-state index < -0.39 is 0 Å². The van der Waals surface area contributed by atoms with E-state index in [0.29, 0.717) is 0 Å². The van der Waals surface area contributed by atoms with Crippen molar-refractivity contribution < 1.29 is 4.39 Å². The molecule has 42 heavy (non-hydrogen) atoms. The molecule has 0 spiro atoms. The van der Waals surface area contributed by atoms with Crippen LogP contribution >= 0.6 is 11.3 Å². The number of nitrogens with zero attached hydrogens (tertiary/aromatic N) is 1. The van der Waals surface area contributed by atoms with Crippen molar-refractivity contribution in [3.8, 4) is 44.5 Å². The van der Waals surface area contributed by atoms with Gasteiger partial charge in [-0.25, -0.2) is 9.37 Å². The molecule has 0 fully saturated rings. The third kappa shape index (κ3) is 4.45. The fourth-order valence-corrected chi connectivity index (χ4v) is 6.77. The van der Waals surface area contributed by atoms with Crippen LogP contribution in [0.25, 0.3) is 75.6 Å². The van der Waals surface area contributed by atoms with Crippen LogP contribution in [-0.4, -0.2) is 4.98 Å². The maximum Gasteiger partial charge on any atom is 0.124 e. The van der Waals surface area contributed by atoms with Gasteiger partial charge in [-0.15, -0.1) is 11.3 Å².